The highest BCUT2D eigenvalue weighted by Crippen LogP contribution is 2.35. The van der Waals surface area contributed by atoms with Gasteiger partial charge in [-0.3, -0.25) is 14.9 Å². The van der Waals surface area contributed by atoms with Crippen molar-refractivity contribution in [2.45, 2.75) is 13.0 Å². The number of amides is 3. The molecular formula is C19H17BrN4O5. The monoisotopic (exact) mass is 460 g/mol. The van der Waals surface area contributed by atoms with Gasteiger partial charge in [-0.2, -0.15) is 0 Å². The molecule has 10 heteroatoms. The average molecular weight is 461 g/mol. The minimum Gasteiger partial charge on any atom is -0.496 e. The van der Waals surface area contributed by atoms with Crippen molar-refractivity contribution in [3.63, 3.8) is 0 Å². The summed E-state index contributed by atoms with van der Waals surface area (Å²) >= 11 is 3.40. The Morgan fingerprint density at radius 1 is 1.24 bits per heavy atom. The Morgan fingerprint density at radius 3 is 2.55 bits per heavy atom. The molecule has 29 heavy (non-hydrogen) atoms. The van der Waals surface area contributed by atoms with Gasteiger partial charge in [-0.15, -0.1) is 0 Å². The smallest absolute Gasteiger partial charge is 0.319 e. The molecule has 0 saturated carbocycles. The SMILES string of the molecule is COc1ccc(Br)cc1[C@H]1NC(=O)NC(C)=C1C(=O)Nc1ccc([N+](=O)[O-])cc1. The Labute approximate surface area is 174 Å². The van der Waals surface area contributed by atoms with Crippen LogP contribution in [0.1, 0.15) is 18.5 Å². The van der Waals surface area contributed by atoms with Gasteiger partial charge in [-0.05, 0) is 37.3 Å². The molecule has 9 nitrogen and oxygen atoms in total. The van der Waals surface area contributed by atoms with Crippen LogP contribution in [0.4, 0.5) is 16.2 Å². The Kier molecular flexibility index (Phi) is 5.83. The second kappa shape index (κ2) is 8.31. The van der Waals surface area contributed by atoms with E-state index in [1.165, 1.54) is 31.4 Å². The van der Waals surface area contributed by atoms with Crippen molar-refractivity contribution in [1.82, 2.24) is 10.6 Å². The van der Waals surface area contributed by atoms with E-state index in [0.717, 1.165) is 4.47 Å². The van der Waals surface area contributed by atoms with Crippen molar-refractivity contribution in [3.05, 3.63) is 73.9 Å². The molecule has 0 fully saturated rings. The maximum absolute atomic E-state index is 13.0. The number of anilines is 1. The number of rotatable bonds is 5. The second-order valence-electron chi connectivity index (χ2n) is 6.21. The fraction of sp³-hybridized carbons (Fsp3) is 0.158. The van der Waals surface area contributed by atoms with Gasteiger partial charge in [0.05, 0.1) is 23.6 Å². The number of methoxy groups -OCH3 is 1. The molecule has 1 heterocycles. The first-order valence-corrected chi connectivity index (χ1v) is 9.27. The van der Waals surface area contributed by atoms with Crippen LogP contribution >= 0.6 is 15.9 Å². The van der Waals surface area contributed by atoms with Gasteiger partial charge in [0.25, 0.3) is 11.6 Å². The number of nitro benzene ring substituents is 1. The number of nitrogens with zero attached hydrogens (tertiary/aromatic N) is 1. The van der Waals surface area contributed by atoms with Crippen LogP contribution < -0.4 is 20.7 Å². The molecule has 1 aliphatic rings. The quantitative estimate of drug-likeness (QED) is 0.464. The molecule has 0 aromatic heterocycles. The van der Waals surface area contributed by atoms with E-state index < -0.39 is 22.9 Å². The van der Waals surface area contributed by atoms with Crippen LogP contribution in [-0.4, -0.2) is 24.0 Å². The number of carbonyl (C=O) groups excluding carboxylic acids is 2. The molecule has 3 rings (SSSR count). The normalized spacial score (nSPS) is 16.0. The van der Waals surface area contributed by atoms with Gasteiger partial charge in [-0.25, -0.2) is 4.79 Å². The highest BCUT2D eigenvalue weighted by Gasteiger charge is 2.33. The average Bonchev–Trinajstić information content (AvgIpc) is 2.67. The molecule has 150 valence electrons. The molecule has 0 aliphatic carbocycles. The highest BCUT2D eigenvalue weighted by molar-refractivity contribution is 9.10. The van der Waals surface area contributed by atoms with Crippen molar-refractivity contribution in [2.75, 3.05) is 12.4 Å². The summed E-state index contributed by atoms with van der Waals surface area (Å²) in [6, 6.07) is 9.56. The molecule has 3 amide bonds. The van der Waals surface area contributed by atoms with Crippen molar-refractivity contribution < 1.29 is 19.2 Å². The first-order chi connectivity index (χ1) is 13.8. The third kappa shape index (κ3) is 4.37. The van der Waals surface area contributed by atoms with Crippen LogP contribution in [-0.2, 0) is 4.79 Å². The number of nitro groups is 1. The van der Waals surface area contributed by atoms with Gasteiger partial charge < -0.3 is 20.7 Å². The molecule has 3 N–H and O–H groups in total. The van der Waals surface area contributed by atoms with Gasteiger partial charge in [0.2, 0.25) is 0 Å². The standard InChI is InChI=1S/C19H17BrN4O5/c1-10-16(18(25)22-12-4-6-13(7-5-12)24(27)28)17(23-19(26)21-10)14-9-11(20)3-8-15(14)29-2/h3-9,17H,1-2H3,(H,22,25)(H2,21,23,26)/t17-/m1/s1. The summed E-state index contributed by atoms with van der Waals surface area (Å²) in [5.41, 5.74) is 1.59. The van der Waals surface area contributed by atoms with Gasteiger partial charge in [0.1, 0.15) is 5.75 Å². The molecule has 1 atom stereocenters. The summed E-state index contributed by atoms with van der Waals surface area (Å²) in [7, 11) is 1.50. The Balaban J connectivity index is 1.96. The third-order valence-electron chi connectivity index (χ3n) is 4.35. The van der Waals surface area contributed by atoms with Gasteiger partial charge in [0, 0.05) is 33.6 Å². The Hall–Kier alpha value is -3.40. The van der Waals surface area contributed by atoms with Crippen LogP contribution in [0.5, 0.6) is 5.75 Å². The number of hydrogen-bond acceptors (Lipinski definition) is 5. The number of urea groups is 1. The van der Waals surface area contributed by atoms with E-state index in [9.17, 15) is 19.7 Å². The summed E-state index contributed by atoms with van der Waals surface area (Å²) in [4.78, 5) is 35.4. The van der Waals surface area contributed by atoms with Crippen molar-refractivity contribution in [1.29, 1.82) is 0 Å². The lowest BCUT2D eigenvalue weighted by Gasteiger charge is -2.29. The van der Waals surface area contributed by atoms with E-state index in [4.69, 9.17) is 4.74 Å². The maximum Gasteiger partial charge on any atom is 0.319 e. The molecule has 2 aromatic rings. The van der Waals surface area contributed by atoms with Gasteiger partial charge in [0.15, 0.2) is 0 Å². The van der Waals surface area contributed by atoms with E-state index in [2.05, 4.69) is 31.9 Å². The molecule has 0 unspecified atom stereocenters. The lowest BCUT2D eigenvalue weighted by Crippen LogP contribution is -2.46. The van der Waals surface area contributed by atoms with E-state index in [1.54, 1.807) is 25.1 Å². The number of carbonyl (C=O) groups is 2. The fourth-order valence-electron chi connectivity index (χ4n) is 3.02. The molecular weight excluding hydrogens is 444 g/mol. The number of nitrogens with one attached hydrogen (secondary N) is 3. The first-order valence-electron chi connectivity index (χ1n) is 8.47. The predicted octanol–water partition coefficient (Wildman–Crippen LogP) is 3.63. The highest BCUT2D eigenvalue weighted by atomic mass is 79.9. The number of benzene rings is 2. The second-order valence-corrected chi connectivity index (χ2v) is 7.13. The number of allylic oxidation sites excluding steroid dienone is 1. The molecule has 1 aliphatic heterocycles. The van der Waals surface area contributed by atoms with E-state index in [-0.39, 0.29) is 5.69 Å². The topological polar surface area (TPSA) is 123 Å². The van der Waals surface area contributed by atoms with Crippen LogP contribution in [0, 0.1) is 10.1 Å². The summed E-state index contributed by atoms with van der Waals surface area (Å²) in [5.74, 6) is 0.0460. The zero-order valence-corrected chi connectivity index (χ0v) is 17.1. The first kappa shape index (κ1) is 20.3. The number of halogens is 1. The molecule has 0 radical (unpaired) electrons. The van der Waals surface area contributed by atoms with Crippen molar-refractivity contribution >= 4 is 39.2 Å². The maximum atomic E-state index is 13.0. The summed E-state index contributed by atoms with van der Waals surface area (Å²) < 4.78 is 6.15. The van der Waals surface area contributed by atoms with Crippen LogP contribution in [0.3, 0.4) is 0 Å². The van der Waals surface area contributed by atoms with E-state index in [0.29, 0.717) is 28.3 Å². The zero-order valence-electron chi connectivity index (χ0n) is 15.5. The summed E-state index contributed by atoms with van der Waals surface area (Å²) in [6.45, 7) is 1.63. The van der Waals surface area contributed by atoms with Crippen molar-refractivity contribution in [3.8, 4) is 5.75 Å². The van der Waals surface area contributed by atoms with Crippen LogP contribution in [0.2, 0.25) is 0 Å². The summed E-state index contributed by atoms with van der Waals surface area (Å²) in [5, 5.41) is 18.8. The number of hydrogen-bond donors (Lipinski definition) is 3. The zero-order chi connectivity index (χ0) is 21.1. The number of ether oxygens (including phenoxy) is 1. The minimum absolute atomic E-state index is 0.0817. The largest absolute Gasteiger partial charge is 0.496 e. The summed E-state index contributed by atoms with van der Waals surface area (Å²) in [6.07, 6.45) is 0. The third-order valence-corrected chi connectivity index (χ3v) is 4.85. The molecule has 0 bridgehead atoms. The fourth-order valence-corrected chi connectivity index (χ4v) is 3.40. The van der Waals surface area contributed by atoms with E-state index in [1.807, 2.05) is 0 Å². The van der Waals surface area contributed by atoms with Crippen LogP contribution in [0.25, 0.3) is 0 Å². The Morgan fingerprint density at radius 2 is 1.93 bits per heavy atom. The molecule has 0 spiro atoms. The Bertz CT molecular complexity index is 1020. The lowest BCUT2D eigenvalue weighted by molar-refractivity contribution is -0.384. The predicted molar refractivity (Wildman–Crippen MR) is 110 cm³/mol. The van der Waals surface area contributed by atoms with Crippen molar-refractivity contribution in [2.24, 2.45) is 0 Å². The van der Waals surface area contributed by atoms with Gasteiger partial charge in [-0.1, -0.05) is 15.9 Å². The molecule has 0 saturated heterocycles. The number of non-ortho nitro benzene ring substituents is 1. The van der Waals surface area contributed by atoms with Gasteiger partial charge >= 0.3 is 6.03 Å². The van der Waals surface area contributed by atoms with E-state index >= 15 is 0 Å². The molecule has 2 aromatic carbocycles. The minimum atomic E-state index is -0.755. The van der Waals surface area contributed by atoms with Crippen LogP contribution in [0.15, 0.2) is 58.2 Å². The lowest BCUT2D eigenvalue weighted by atomic mass is 9.94.